The molecule has 4 N–H and O–H groups in total. The fraction of sp³-hybridized carbons (Fsp3) is 0.100. The van der Waals surface area contributed by atoms with Crippen molar-refractivity contribution >= 4 is 35.3 Å². The molecule has 30 heavy (non-hydrogen) atoms. The molecule has 0 bridgehead atoms. The molecule has 2 aromatic carbocycles. The Morgan fingerprint density at radius 3 is 2.53 bits per heavy atom. The van der Waals surface area contributed by atoms with E-state index in [4.69, 9.17) is 10.2 Å². The van der Waals surface area contributed by atoms with Crippen LogP contribution in [-0.4, -0.2) is 12.4 Å². The molecule has 154 valence electrons. The lowest BCUT2D eigenvalue weighted by molar-refractivity contribution is -0.137. The number of anilines is 3. The summed E-state index contributed by atoms with van der Waals surface area (Å²) in [6, 6.07) is 12.2. The van der Waals surface area contributed by atoms with E-state index in [2.05, 4.69) is 15.6 Å². The highest BCUT2D eigenvalue weighted by Crippen LogP contribution is 2.34. The van der Waals surface area contributed by atoms with Crippen LogP contribution in [-0.2, 0) is 6.18 Å². The van der Waals surface area contributed by atoms with E-state index in [1.807, 2.05) is 0 Å². The van der Waals surface area contributed by atoms with Gasteiger partial charge in [-0.05, 0) is 48.5 Å². The van der Waals surface area contributed by atoms with Gasteiger partial charge in [-0.1, -0.05) is 6.07 Å². The van der Waals surface area contributed by atoms with Crippen molar-refractivity contribution in [1.29, 1.82) is 0 Å². The van der Waals surface area contributed by atoms with Crippen LogP contribution in [0.1, 0.15) is 17.3 Å². The average molecular weight is 415 g/mol. The van der Waals surface area contributed by atoms with E-state index < -0.39 is 23.9 Å². The lowest BCUT2D eigenvalue weighted by atomic mass is 10.2. The van der Waals surface area contributed by atoms with Crippen LogP contribution in [0.5, 0.6) is 0 Å². The van der Waals surface area contributed by atoms with Gasteiger partial charge in [0.2, 0.25) is 5.88 Å². The van der Waals surface area contributed by atoms with Crippen molar-refractivity contribution in [3.05, 3.63) is 72.0 Å². The molecule has 0 aliphatic carbocycles. The van der Waals surface area contributed by atoms with Crippen molar-refractivity contribution in [2.45, 2.75) is 12.3 Å². The Morgan fingerprint density at radius 2 is 1.80 bits per heavy atom. The number of hydrogen-bond donors (Lipinski definition) is 3. The third kappa shape index (κ3) is 3.98. The highest BCUT2D eigenvalue weighted by Gasteiger charge is 2.30. The van der Waals surface area contributed by atoms with Gasteiger partial charge in [-0.2, -0.15) is 13.2 Å². The topological polar surface area (TPSA) is 95.9 Å². The minimum Gasteiger partial charge on any atom is -0.446 e. The molecule has 1 aromatic heterocycles. The van der Waals surface area contributed by atoms with Gasteiger partial charge in [-0.3, -0.25) is 0 Å². The van der Waals surface area contributed by atoms with Crippen molar-refractivity contribution in [3.63, 3.8) is 0 Å². The molecule has 10 heteroatoms. The maximum absolute atomic E-state index is 12.8. The van der Waals surface area contributed by atoms with Crippen molar-refractivity contribution in [3.8, 4) is 0 Å². The predicted molar refractivity (Wildman–Crippen MR) is 107 cm³/mol. The number of amides is 2. The van der Waals surface area contributed by atoms with Crippen LogP contribution in [0, 0.1) is 0 Å². The van der Waals surface area contributed by atoms with E-state index in [-0.39, 0.29) is 5.69 Å². The zero-order chi connectivity index (χ0) is 21.3. The number of nitrogens with one attached hydrogen (secondary N) is 2. The van der Waals surface area contributed by atoms with E-state index >= 15 is 0 Å². The van der Waals surface area contributed by atoms with Crippen molar-refractivity contribution in [1.82, 2.24) is 0 Å². The van der Waals surface area contributed by atoms with Gasteiger partial charge in [0.15, 0.2) is 0 Å². The molecule has 1 aliphatic heterocycles. The summed E-state index contributed by atoms with van der Waals surface area (Å²) in [5.41, 5.74) is 7.36. The fourth-order valence-electron chi connectivity index (χ4n) is 2.99. The Kier molecular flexibility index (Phi) is 4.92. The van der Waals surface area contributed by atoms with Crippen LogP contribution in [0.4, 0.5) is 40.9 Å². The second-order valence-electron chi connectivity index (χ2n) is 6.48. The van der Waals surface area contributed by atoms with Crippen LogP contribution in [0.3, 0.4) is 0 Å². The number of carbonyl (C=O) groups excluding carboxylic acids is 1. The van der Waals surface area contributed by atoms with Crippen molar-refractivity contribution in [2.75, 3.05) is 15.5 Å². The number of aliphatic imine (C=N–C) groups is 1. The van der Waals surface area contributed by atoms with Gasteiger partial charge < -0.3 is 25.7 Å². The van der Waals surface area contributed by atoms with E-state index in [0.29, 0.717) is 11.6 Å². The first-order valence-electron chi connectivity index (χ1n) is 8.82. The molecule has 2 amide bonds. The standard InChI is InChI=1S/C20H16F3N5O2/c21-20(22,23)12-2-1-3-14(10-12)27-19(29)26-13-4-6-15(7-5-13)28-11-25-18-16(17(28)24)8-9-30-18/h1-11,17H,24H2,(H2,26,27,29). The lowest BCUT2D eigenvalue weighted by Crippen LogP contribution is -2.35. The number of halogens is 3. The molecule has 0 fully saturated rings. The van der Waals surface area contributed by atoms with Gasteiger partial charge in [0.25, 0.3) is 0 Å². The number of furan rings is 1. The molecule has 0 saturated heterocycles. The highest BCUT2D eigenvalue weighted by molar-refractivity contribution is 6.00. The number of nitrogens with zero attached hydrogens (tertiary/aromatic N) is 2. The SMILES string of the molecule is NC1c2ccoc2N=CN1c1ccc(NC(=O)Nc2cccc(C(F)(F)F)c2)cc1. The quantitative estimate of drug-likeness (QED) is 0.556. The van der Waals surface area contributed by atoms with Gasteiger partial charge in [-0.25, -0.2) is 9.79 Å². The number of alkyl halides is 3. The Balaban J connectivity index is 1.41. The monoisotopic (exact) mass is 415 g/mol. The number of urea groups is 1. The smallest absolute Gasteiger partial charge is 0.416 e. The van der Waals surface area contributed by atoms with Crippen LogP contribution >= 0.6 is 0 Å². The van der Waals surface area contributed by atoms with E-state index in [0.717, 1.165) is 23.4 Å². The summed E-state index contributed by atoms with van der Waals surface area (Å²) in [4.78, 5) is 18.1. The van der Waals surface area contributed by atoms with Gasteiger partial charge >= 0.3 is 12.2 Å². The van der Waals surface area contributed by atoms with Gasteiger partial charge in [0, 0.05) is 17.1 Å². The third-order valence-electron chi connectivity index (χ3n) is 4.46. The molecule has 0 spiro atoms. The Bertz CT molecular complexity index is 1090. The minimum atomic E-state index is -4.49. The number of nitrogens with two attached hydrogens (primary N) is 1. The van der Waals surface area contributed by atoms with Crippen LogP contribution < -0.4 is 21.3 Å². The molecular formula is C20H16F3N5O2. The summed E-state index contributed by atoms with van der Waals surface area (Å²) in [6.45, 7) is 0. The van der Waals surface area contributed by atoms with Crippen LogP contribution in [0.2, 0.25) is 0 Å². The number of hydrogen-bond acceptors (Lipinski definition) is 5. The molecule has 1 aliphatic rings. The van der Waals surface area contributed by atoms with E-state index in [1.54, 1.807) is 41.6 Å². The maximum atomic E-state index is 12.8. The maximum Gasteiger partial charge on any atom is 0.416 e. The normalized spacial score (nSPS) is 15.6. The predicted octanol–water partition coefficient (Wildman–Crippen LogP) is 5.08. The Hall–Kier alpha value is -3.79. The largest absolute Gasteiger partial charge is 0.446 e. The molecule has 3 aromatic rings. The summed E-state index contributed by atoms with van der Waals surface area (Å²) in [6.07, 6.45) is -1.89. The number of fused-ring (bicyclic) bond motifs is 1. The van der Waals surface area contributed by atoms with Gasteiger partial charge in [0.1, 0.15) is 12.5 Å². The Morgan fingerprint density at radius 1 is 1.07 bits per heavy atom. The summed E-state index contributed by atoms with van der Waals surface area (Å²) >= 11 is 0. The zero-order valence-electron chi connectivity index (χ0n) is 15.4. The van der Waals surface area contributed by atoms with E-state index in [9.17, 15) is 18.0 Å². The fourth-order valence-corrected chi connectivity index (χ4v) is 2.99. The van der Waals surface area contributed by atoms with Crippen LogP contribution in [0.25, 0.3) is 0 Å². The summed E-state index contributed by atoms with van der Waals surface area (Å²) in [7, 11) is 0. The zero-order valence-corrected chi connectivity index (χ0v) is 15.4. The first-order chi connectivity index (χ1) is 14.3. The molecule has 1 unspecified atom stereocenters. The van der Waals surface area contributed by atoms with Crippen molar-refractivity contribution < 1.29 is 22.4 Å². The second-order valence-corrected chi connectivity index (χ2v) is 6.48. The summed E-state index contributed by atoms with van der Waals surface area (Å²) < 4.78 is 43.6. The highest BCUT2D eigenvalue weighted by atomic mass is 19.4. The van der Waals surface area contributed by atoms with E-state index in [1.165, 1.54) is 18.4 Å². The van der Waals surface area contributed by atoms with Gasteiger partial charge in [-0.15, -0.1) is 0 Å². The number of carbonyl (C=O) groups is 1. The lowest BCUT2D eigenvalue weighted by Gasteiger charge is -2.29. The van der Waals surface area contributed by atoms with Crippen LogP contribution in [0.15, 0.2) is 70.3 Å². The number of benzene rings is 2. The summed E-state index contributed by atoms with van der Waals surface area (Å²) in [5.74, 6) is 0.461. The molecule has 4 rings (SSSR count). The molecule has 7 nitrogen and oxygen atoms in total. The minimum absolute atomic E-state index is 0.0327. The second kappa shape index (κ2) is 7.56. The molecule has 2 heterocycles. The molecule has 0 radical (unpaired) electrons. The van der Waals surface area contributed by atoms with Crippen molar-refractivity contribution in [2.24, 2.45) is 10.7 Å². The Labute approximate surface area is 169 Å². The average Bonchev–Trinajstić information content (AvgIpc) is 3.18. The first kappa shape index (κ1) is 19.5. The molecule has 0 saturated carbocycles. The molecule has 1 atom stereocenters. The third-order valence-corrected chi connectivity index (χ3v) is 4.46. The first-order valence-corrected chi connectivity index (χ1v) is 8.82. The molecular weight excluding hydrogens is 399 g/mol. The number of rotatable bonds is 3. The van der Waals surface area contributed by atoms with Gasteiger partial charge in [0.05, 0.1) is 17.4 Å². The summed E-state index contributed by atoms with van der Waals surface area (Å²) in [5, 5.41) is 4.96.